The fourth-order valence-electron chi connectivity index (χ4n) is 2.60. The van der Waals surface area contributed by atoms with Gasteiger partial charge in [0.05, 0.1) is 13.2 Å². The van der Waals surface area contributed by atoms with Crippen LogP contribution in [0.2, 0.25) is 0 Å². The predicted molar refractivity (Wildman–Crippen MR) is 72.4 cm³/mol. The van der Waals surface area contributed by atoms with E-state index in [1.807, 2.05) is 6.07 Å². The molecule has 1 aromatic heterocycles. The van der Waals surface area contributed by atoms with Crippen LogP contribution in [0, 0.1) is 0 Å². The largest absolute Gasteiger partial charge is 0.355 e. The van der Waals surface area contributed by atoms with Gasteiger partial charge in [0.1, 0.15) is 0 Å². The third kappa shape index (κ3) is 2.73. The van der Waals surface area contributed by atoms with E-state index < -0.39 is 0 Å². The van der Waals surface area contributed by atoms with Crippen molar-refractivity contribution >= 4 is 17.5 Å². The highest BCUT2D eigenvalue weighted by molar-refractivity contribution is 5.87. The molecule has 20 heavy (non-hydrogen) atoms. The molecule has 0 bridgehead atoms. The molecule has 0 unspecified atom stereocenters. The zero-order valence-corrected chi connectivity index (χ0v) is 11.5. The summed E-state index contributed by atoms with van der Waals surface area (Å²) < 4.78 is 11.4. The number of hydrogen-bond donors (Lipinski definition) is 1. The number of hydrogen-bond acceptors (Lipinski definition) is 6. The van der Waals surface area contributed by atoms with Crippen molar-refractivity contribution < 1.29 is 14.3 Å². The van der Waals surface area contributed by atoms with Crippen molar-refractivity contribution in [3.63, 3.8) is 0 Å². The van der Waals surface area contributed by atoms with Crippen LogP contribution in [0.1, 0.15) is 19.8 Å². The number of piperidine rings is 1. The van der Waals surface area contributed by atoms with E-state index in [4.69, 9.17) is 9.47 Å². The highest BCUT2D eigenvalue weighted by Crippen LogP contribution is 2.32. The third-order valence-electron chi connectivity index (χ3n) is 3.62. The molecule has 0 aliphatic carbocycles. The zero-order chi connectivity index (χ0) is 14.0. The lowest BCUT2D eigenvalue weighted by Gasteiger charge is -2.37. The first-order valence-corrected chi connectivity index (χ1v) is 6.81. The fourth-order valence-corrected chi connectivity index (χ4v) is 2.60. The number of amides is 1. The van der Waals surface area contributed by atoms with E-state index in [2.05, 4.69) is 20.4 Å². The summed E-state index contributed by atoms with van der Waals surface area (Å²) >= 11 is 0. The van der Waals surface area contributed by atoms with Gasteiger partial charge in [-0.15, -0.1) is 10.2 Å². The number of rotatable bonds is 2. The van der Waals surface area contributed by atoms with Crippen molar-refractivity contribution in [2.24, 2.45) is 0 Å². The van der Waals surface area contributed by atoms with E-state index in [0.717, 1.165) is 31.7 Å². The average molecular weight is 278 g/mol. The van der Waals surface area contributed by atoms with Gasteiger partial charge in [-0.05, 0) is 12.1 Å². The van der Waals surface area contributed by atoms with Gasteiger partial charge in [0.15, 0.2) is 17.4 Å². The molecule has 0 aromatic carbocycles. The van der Waals surface area contributed by atoms with E-state index in [0.29, 0.717) is 19.0 Å². The first-order valence-electron chi connectivity index (χ1n) is 6.81. The van der Waals surface area contributed by atoms with Gasteiger partial charge in [-0.25, -0.2) is 0 Å². The summed E-state index contributed by atoms with van der Waals surface area (Å²) in [6.07, 6.45) is 1.67. The topological polar surface area (TPSA) is 76.6 Å². The van der Waals surface area contributed by atoms with E-state index in [9.17, 15) is 4.79 Å². The number of ether oxygens (including phenoxy) is 2. The van der Waals surface area contributed by atoms with E-state index >= 15 is 0 Å². The van der Waals surface area contributed by atoms with Gasteiger partial charge in [0, 0.05) is 32.9 Å². The maximum absolute atomic E-state index is 10.9. The van der Waals surface area contributed by atoms with Gasteiger partial charge in [0.2, 0.25) is 5.91 Å². The minimum absolute atomic E-state index is 0.150. The molecule has 0 radical (unpaired) electrons. The highest BCUT2D eigenvalue weighted by Gasteiger charge is 2.40. The molecule has 2 fully saturated rings. The Labute approximate surface area is 117 Å². The Hall–Kier alpha value is -1.73. The van der Waals surface area contributed by atoms with Crippen molar-refractivity contribution in [3.05, 3.63) is 12.1 Å². The van der Waals surface area contributed by atoms with Gasteiger partial charge in [-0.2, -0.15) is 0 Å². The molecule has 2 aliphatic heterocycles. The second kappa shape index (κ2) is 5.34. The summed E-state index contributed by atoms with van der Waals surface area (Å²) in [4.78, 5) is 13.1. The number of carbonyl (C=O) groups excluding carboxylic acids is 1. The third-order valence-corrected chi connectivity index (χ3v) is 3.62. The molecule has 3 rings (SSSR count). The van der Waals surface area contributed by atoms with Gasteiger partial charge in [-0.3, -0.25) is 4.79 Å². The lowest BCUT2D eigenvalue weighted by Crippen LogP contribution is -2.45. The van der Waals surface area contributed by atoms with Crippen LogP contribution in [0.25, 0.3) is 0 Å². The molecule has 2 aliphatic rings. The number of aromatic nitrogens is 2. The summed E-state index contributed by atoms with van der Waals surface area (Å²) in [5, 5.41) is 10.8. The maximum Gasteiger partial charge on any atom is 0.222 e. The Kier molecular flexibility index (Phi) is 3.54. The lowest BCUT2D eigenvalue weighted by atomic mass is 10.0. The Morgan fingerprint density at radius 3 is 2.50 bits per heavy atom. The molecule has 7 nitrogen and oxygen atoms in total. The molecule has 0 atom stereocenters. The van der Waals surface area contributed by atoms with Crippen molar-refractivity contribution in [2.75, 3.05) is 36.5 Å². The second-order valence-electron chi connectivity index (χ2n) is 5.05. The van der Waals surface area contributed by atoms with Crippen LogP contribution in [0.5, 0.6) is 0 Å². The lowest BCUT2D eigenvalue weighted by molar-refractivity contribution is -0.169. The highest BCUT2D eigenvalue weighted by atomic mass is 16.7. The van der Waals surface area contributed by atoms with Crippen molar-refractivity contribution in [1.82, 2.24) is 10.2 Å². The molecule has 1 spiro atoms. The molecule has 3 heterocycles. The summed E-state index contributed by atoms with van der Waals surface area (Å²) in [5.74, 6) is 0.756. The Balaban J connectivity index is 1.61. The van der Waals surface area contributed by atoms with Gasteiger partial charge < -0.3 is 19.7 Å². The van der Waals surface area contributed by atoms with Crippen LogP contribution >= 0.6 is 0 Å². The zero-order valence-electron chi connectivity index (χ0n) is 11.5. The number of nitrogens with one attached hydrogen (secondary N) is 1. The molecular weight excluding hydrogens is 260 g/mol. The van der Waals surface area contributed by atoms with Gasteiger partial charge in [-0.1, -0.05) is 0 Å². The summed E-state index contributed by atoms with van der Waals surface area (Å²) in [7, 11) is 0. The first-order chi connectivity index (χ1) is 9.67. The summed E-state index contributed by atoms with van der Waals surface area (Å²) in [5.41, 5.74) is 0. The van der Waals surface area contributed by atoms with Crippen LogP contribution in [0.4, 0.5) is 11.6 Å². The fraction of sp³-hybridized carbons (Fsp3) is 0.615. The number of nitrogens with zero attached hydrogens (tertiary/aromatic N) is 3. The second-order valence-corrected chi connectivity index (χ2v) is 5.05. The normalized spacial score (nSPS) is 21.1. The van der Waals surface area contributed by atoms with Crippen LogP contribution in [0.3, 0.4) is 0 Å². The van der Waals surface area contributed by atoms with Crippen molar-refractivity contribution in [1.29, 1.82) is 0 Å². The van der Waals surface area contributed by atoms with Crippen LogP contribution in [0.15, 0.2) is 12.1 Å². The molecule has 1 N–H and O–H groups in total. The van der Waals surface area contributed by atoms with Crippen molar-refractivity contribution in [3.8, 4) is 0 Å². The predicted octanol–water partition coefficient (Wildman–Crippen LogP) is 0.778. The minimum Gasteiger partial charge on any atom is -0.355 e. The first kappa shape index (κ1) is 13.3. The summed E-state index contributed by atoms with van der Waals surface area (Å²) in [6, 6.07) is 3.63. The summed E-state index contributed by atoms with van der Waals surface area (Å²) in [6.45, 7) is 4.47. The Bertz CT molecular complexity index is 475. The molecule has 7 heteroatoms. The quantitative estimate of drug-likeness (QED) is 0.861. The van der Waals surface area contributed by atoms with Gasteiger partial charge >= 0.3 is 0 Å². The average Bonchev–Trinajstić information content (AvgIpc) is 2.89. The maximum atomic E-state index is 10.9. The molecular formula is C13H18N4O3. The van der Waals surface area contributed by atoms with Crippen LogP contribution < -0.4 is 10.2 Å². The number of carbonyl (C=O) groups is 1. The van der Waals surface area contributed by atoms with E-state index in [1.165, 1.54) is 6.92 Å². The van der Waals surface area contributed by atoms with Crippen molar-refractivity contribution in [2.45, 2.75) is 25.6 Å². The number of anilines is 2. The SMILES string of the molecule is CC(=O)Nc1ccc(N2CCC3(CC2)OCCO3)nn1. The van der Waals surface area contributed by atoms with E-state index in [1.54, 1.807) is 6.07 Å². The monoisotopic (exact) mass is 278 g/mol. The molecule has 1 aromatic rings. The Morgan fingerprint density at radius 1 is 1.25 bits per heavy atom. The van der Waals surface area contributed by atoms with Gasteiger partial charge in [0.25, 0.3) is 0 Å². The van der Waals surface area contributed by atoms with Crippen LogP contribution in [-0.2, 0) is 14.3 Å². The smallest absolute Gasteiger partial charge is 0.222 e. The van der Waals surface area contributed by atoms with E-state index in [-0.39, 0.29) is 11.7 Å². The standard InChI is InChI=1S/C13H18N4O3/c1-10(18)14-11-2-3-12(16-15-11)17-6-4-13(5-7-17)19-8-9-20-13/h2-3H,4-9H2,1H3,(H,14,15,18). The molecule has 0 saturated carbocycles. The minimum atomic E-state index is -0.375. The molecule has 108 valence electrons. The molecule has 2 saturated heterocycles. The Morgan fingerprint density at radius 2 is 1.95 bits per heavy atom. The van der Waals surface area contributed by atoms with Crippen LogP contribution in [-0.4, -0.2) is 48.2 Å². The molecule has 1 amide bonds.